The monoisotopic (exact) mass is 552 g/mol. The normalized spacial score (nSPS) is 22.5. The number of terminal acetylenes is 1. The van der Waals surface area contributed by atoms with Gasteiger partial charge in [0.25, 0.3) is 0 Å². The van der Waals surface area contributed by atoms with Crippen LogP contribution in [0.2, 0.25) is 0 Å². The third-order valence-corrected chi connectivity index (χ3v) is 7.62. The lowest BCUT2D eigenvalue weighted by Gasteiger charge is -2.32. The number of ether oxygens (including phenoxy) is 1. The number of likely N-dealkylation sites (tertiary alicyclic amines) is 1. The van der Waals surface area contributed by atoms with Gasteiger partial charge in [0.15, 0.2) is 23.6 Å². The van der Waals surface area contributed by atoms with E-state index in [0.717, 1.165) is 68.3 Å². The van der Waals surface area contributed by atoms with Crippen molar-refractivity contribution in [1.29, 1.82) is 0 Å². The SMILES string of the molecule is C#CCOC(=O)N1CCC(Nc2nc(NC3CCC(N)CC3)nc3c2ncn3C2CCCC2)CC1.Cl.Cl. The second-order valence-electron chi connectivity index (χ2n) is 10.1. The van der Waals surface area contributed by atoms with Crippen LogP contribution in [-0.2, 0) is 4.74 Å². The van der Waals surface area contributed by atoms with Crippen molar-refractivity contribution in [2.45, 2.75) is 88.4 Å². The zero-order valence-electron chi connectivity index (χ0n) is 21.1. The molecular formula is C25H38Cl2N8O2. The second-order valence-corrected chi connectivity index (χ2v) is 10.1. The maximum atomic E-state index is 12.1. The van der Waals surface area contributed by atoms with E-state index in [9.17, 15) is 4.79 Å². The molecule has 0 unspecified atom stereocenters. The number of aromatic nitrogens is 4. The van der Waals surface area contributed by atoms with Crippen molar-refractivity contribution in [3.05, 3.63) is 6.33 Å². The number of imidazole rings is 1. The summed E-state index contributed by atoms with van der Waals surface area (Å²) in [6.07, 6.45) is 17.3. The van der Waals surface area contributed by atoms with Gasteiger partial charge in [-0.05, 0) is 51.4 Å². The molecule has 2 aliphatic carbocycles. The van der Waals surface area contributed by atoms with Gasteiger partial charge >= 0.3 is 6.09 Å². The van der Waals surface area contributed by atoms with E-state index in [1.165, 1.54) is 12.8 Å². The molecule has 1 aliphatic heterocycles. The molecule has 2 saturated carbocycles. The summed E-state index contributed by atoms with van der Waals surface area (Å²) < 4.78 is 7.31. The van der Waals surface area contributed by atoms with Gasteiger partial charge in [0, 0.05) is 37.3 Å². The minimum absolute atomic E-state index is 0. The van der Waals surface area contributed by atoms with Gasteiger partial charge in [0.2, 0.25) is 5.95 Å². The fourth-order valence-electron chi connectivity index (χ4n) is 5.57. The summed E-state index contributed by atoms with van der Waals surface area (Å²) in [4.78, 5) is 28.4. The summed E-state index contributed by atoms with van der Waals surface area (Å²) in [7, 11) is 0. The van der Waals surface area contributed by atoms with Crippen LogP contribution in [0.5, 0.6) is 0 Å². The van der Waals surface area contributed by atoms with Gasteiger partial charge < -0.3 is 30.6 Å². The number of nitrogens with two attached hydrogens (primary N) is 1. The Morgan fingerprint density at radius 2 is 1.70 bits per heavy atom. The Morgan fingerprint density at radius 3 is 2.38 bits per heavy atom. The molecule has 2 aromatic heterocycles. The standard InChI is InChI=1S/C25H36N8O2.2ClH/c1-2-15-35-25(34)32-13-11-19(12-14-32)28-22-21-23(33(16-27-21)20-5-3-4-6-20)31-24(30-22)29-18-9-7-17(26)8-10-18;;/h1,16-20H,3-15,26H2,(H2,28,29,30,31);2*1H. The lowest BCUT2D eigenvalue weighted by atomic mass is 9.92. The number of fused-ring (bicyclic) bond motifs is 1. The van der Waals surface area contributed by atoms with Gasteiger partial charge in [0.1, 0.15) is 0 Å². The van der Waals surface area contributed by atoms with Crippen LogP contribution in [0.25, 0.3) is 11.2 Å². The highest BCUT2D eigenvalue weighted by Gasteiger charge is 2.27. The molecule has 12 heteroatoms. The smallest absolute Gasteiger partial charge is 0.410 e. The molecule has 0 atom stereocenters. The number of nitrogens with one attached hydrogen (secondary N) is 2. The third kappa shape index (κ3) is 6.89. The van der Waals surface area contributed by atoms with E-state index >= 15 is 0 Å². The topological polar surface area (TPSA) is 123 Å². The lowest BCUT2D eigenvalue weighted by molar-refractivity contribution is 0.105. The van der Waals surface area contributed by atoms with Crippen molar-refractivity contribution >= 4 is 53.8 Å². The van der Waals surface area contributed by atoms with E-state index in [-0.39, 0.29) is 43.6 Å². The first kappa shape index (κ1) is 29.1. The minimum atomic E-state index is -0.347. The maximum Gasteiger partial charge on any atom is 0.410 e. The molecule has 0 bridgehead atoms. The predicted octanol–water partition coefficient (Wildman–Crippen LogP) is 4.11. The average Bonchev–Trinajstić information content (AvgIpc) is 3.54. The highest BCUT2D eigenvalue weighted by molar-refractivity contribution is 5.86. The molecule has 10 nitrogen and oxygen atoms in total. The summed E-state index contributed by atoms with van der Waals surface area (Å²) in [6.45, 7) is 1.22. The summed E-state index contributed by atoms with van der Waals surface area (Å²) in [5.41, 5.74) is 7.80. The molecule has 3 fully saturated rings. The zero-order chi connectivity index (χ0) is 24.2. The number of carbonyl (C=O) groups is 1. The fourth-order valence-corrected chi connectivity index (χ4v) is 5.57. The molecule has 0 radical (unpaired) electrons. The fraction of sp³-hybridized carbons (Fsp3) is 0.680. The second kappa shape index (κ2) is 13.4. The van der Waals surface area contributed by atoms with Crippen LogP contribution in [0.1, 0.15) is 70.3 Å². The van der Waals surface area contributed by atoms with Gasteiger partial charge in [-0.1, -0.05) is 18.8 Å². The molecule has 2 aromatic rings. The summed E-state index contributed by atoms with van der Waals surface area (Å²) in [6, 6.07) is 1.26. The van der Waals surface area contributed by atoms with Crippen molar-refractivity contribution in [1.82, 2.24) is 24.4 Å². The first-order valence-corrected chi connectivity index (χ1v) is 13.0. The van der Waals surface area contributed by atoms with E-state index in [4.69, 9.17) is 31.8 Å². The molecule has 1 saturated heterocycles. The van der Waals surface area contributed by atoms with Crippen molar-refractivity contribution in [2.75, 3.05) is 30.3 Å². The van der Waals surface area contributed by atoms with Crippen molar-refractivity contribution in [3.63, 3.8) is 0 Å². The number of hydrogen-bond donors (Lipinski definition) is 3. The van der Waals surface area contributed by atoms with Crippen molar-refractivity contribution in [3.8, 4) is 12.3 Å². The minimum Gasteiger partial charge on any atom is -0.436 e. The van der Waals surface area contributed by atoms with E-state index < -0.39 is 0 Å². The maximum absolute atomic E-state index is 12.1. The number of anilines is 2. The molecule has 3 heterocycles. The molecular weight excluding hydrogens is 515 g/mol. The third-order valence-electron chi connectivity index (χ3n) is 7.62. The summed E-state index contributed by atoms with van der Waals surface area (Å²) in [5, 5.41) is 7.19. The van der Waals surface area contributed by atoms with Crippen LogP contribution in [0.15, 0.2) is 6.33 Å². The lowest BCUT2D eigenvalue weighted by Crippen LogP contribution is -2.42. The van der Waals surface area contributed by atoms with Crippen molar-refractivity contribution in [2.24, 2.45) is 5.73 Å². The highest BCUT2D eigenvalue weighted by Crippen LogP contribution is 2.34. The first-order chi connectivity index (χ1) is 17.1. The number of rotatable bonds is 6. The molecule has 4 N–H and O–H groups in total. The number of halogens is 2. The molecule has 5 rings (SSSR count). The van der Waals surface area contributed by atoms with Gasteiger partial charge in [0.05, 0.1) is 6.33 Å². The molecule has 1 amide bonds. The van der Waals surface area contributed by atoms with E-state index in [2.05, 4.69) is 21.1 Å². The van der Waals surface area contributed by atoms with E-state index in [1.807, 2.05) is 6.33 Å². The Morgan fingerprint density at radius 1 is 1.03 bits per heavy atom. The molecule has 37 heavy (non-hydrogen) atoms. The zero-order valence-corrected chi connectivity index (χ0v) is 22.7. The Kier molecular flexibility index (Phi) is 10.5. The number of hydrogen-bond acceptors (Lipinski definition) is 8. The highest BCUT2D eigenvalue weighted by atomic mass is 35.5. The van der Waals surface area contributed by atoms with Crippen LogP contribution < -0.4 is 16.4 Å². The Hall–Kier alpha value is -2.48. The average molecular weight is 554 g/mol. The van der Waals surface area contributed by atoms with Crippen LogP contribution in [0, 0.1) is 12.3 Å². The van der Waals surface area contributed by atoms with E-state index in [0.29, 0.717) is 37.2 Å². The number of carbonyl (C=O) groups excluding carboxylic acids is 1. The first-order valence-electron chi connectivity index (χ1n) is 13.0. The quantitative estimate of drug-likeness (QED) is 0.457. The summed E-state index contributed by atoms with van der Waals surface area (Å²) in [5.74, 6) is 3.75. The number of piperidine rings is 1. The molecule has 3 aliphatic rings. The number of nitrogens with zero attached hydrogens (tertiary/aromatic N) is 5. The Balaban J connectivity index is 0.00000190. The van der Waals surface area contributed by atoms with Crippen LogP contribution in [0.4, 0.5) is 16.6 Å². The van der Waals surface area contributed by atoms with Crippen LogP contribution in [-0.4, -0.2) is 68.3 Å². The van der Waals surface area contributed by atoms with Crippen LogP contribution >= 0.6 is 24.8 Å². The molecule has 204 valence electrons. The van der Waals surface area contributed by atoms with Gasteiger partial charge in [-0.15, -0.1) is 31.2 Å². The Labute approximate surface area is 230 Å². The summed E-state index contributed by atoms with van der Waals surface area (Å²) >= 11 is 0. The van der Waals surface area contributed by atoms with Gasteiger partial charge in [-0.2, -0.15) is 9.97 Å². The van der Waals surface area contributed by atoms with Crippen LogP contribution in [0.3, 0.4) is 0 Å². The Bertz CT molecular complexity index is 1070. The predicted molar refractivity (Wildman–Crippen MR) is 150 cm³/mol. The van der Waals surface area contributed by atoms with E-state index in [1.54, 1.807) is 4.90 Å². The van der Waals surface area contributed by atoms with Crippen molar-refractivity contribution < 1.29 is 9.53 Å². The largest absolute Gasteiger partial charge is 0.436 e. The van der Waals surface area contributed by atoms with Gasteiger partial charge in [-0.3, -0.25) is 0 Å². The van der Waals surface area contributed by atoms with Gasteiger partial charge in [-0.25, -0.2) is 9.78 Å². The molecule has 0 spiro atoms. The number of amides is 1. The molecule has 0 aromatic carbocycles.